The Labute approximate surface area is 182 Å². The highest BCUT2D eigenvalue weighted by Crippen LogP contribution is 2.43. The van der Waals surface area contributed by atoms with E-state index in [2.05, 4.69) is 0 Å². The highest BCUT2D eigenvalue weighted by atomic mass is 32.2. The summed E-state index contributed by atoms with van der Waals surface area (Å²) in [7, 11) is -3.93. The van der Waals surface area contributed by atoms with Gasteiger partial charge in [-0.25, -0.2) is 21.5 Å². The molecule has 11 heteroatoms. The lowest BCUT2D eigenvalue weighted by atomic mass is 10.1. The summed E-state index contributed by atoms with van der Waals surface area (Å²) >= 11 is 1.10. The number of anilines is 1. The molecular weight excluding hydrogens is 446 g/mol. The van der Waals surface area contributed by atoms with Gasteiger partial charge < -0.3 is 10.6 Å². The van der Waals surface area contributed by atoms with Gasteiger partial charge in [-0.1, -0.05) is 17.8 Å². The molecular formula is C20H18F2N4O3S2. The van der Waals surface area contributed by atoms with Crippen molar-refractivity contribution in [3.63, 3.8) is 0 Å². The molecule has 0 aliphatic carbocycles. The number of primary amides is 1. The molecule has 1 amide bonds. The summed E-state index contributed by atoms with van der Waals surface area (Å²) in [5.41, 5.74) is 5.62. The molecule has 1 unspecified atom stereocenters. The Kier molecular flexibility index (Phi) is 6.24. The molecule has 3 rings (SSSR count). The molecule has 0 radical (unpaired) electrons. The van der Waals surface area contributed by atoms with Gasteiger partial charge in [-0.15, -0.1) is 0 Å². The molecule has 0 spiro atoms. The number of nitrogens with zero attached hydrogens (tertiary/aromatic N) is 3. The van der Waals surface area contributed by atoms with E-state index in [1.165, 1.54) is 6.07 Å². The van der Waals surface area contributed by atoms with Crippen molar-refractivity contribution in [1.29, 1.82) is 5.26 Å². The van der Waals surface area contributed by atoms with Crippen LogP contribution >= 0.6 is 11.8 Å². The number of nitrogens with two attached hydrogens (primary N) is 1. The van der Waals surface area contributed by atoms with Crippen LogP contribution in [-0.4, -0.2) is 30.4 Å². The highest BCUT2D eigenvalue weighted by Gasteiger charge is 2.42. The SMILES string of the molecule is CC1=C(C(N)=O)N(S(C)(=O)=O)C(N(Cc2ccc(F)c(F)c2)c2ccc(C#N)cc2)S1. The molecule has 1 heterocycles. The van der Waals surface area contributed by atoms with Crippen molar-refractivity contribution in [2.24, 2.45) is 5.73 Å². The van der Waals surface area contributed by atoms with E-state index >= 15 is 0 Å². The molecule has 0 saturated heterocycles. The van der Waals surface area contributed by atoms with E-state index in [4.69, 9.17) is 11.0 Å². The molecule has 0 fully saturated rings. The molecule has 7 nitrogen and oxygen atoms in total. The standard InChI is InChI=1S/C20H18F2N4O3S2/c1-12-18(19(24)27)26(31(2,28)29)20(30-12)25(15-6-3-13(10-23)4-7-15)11-14-5-8-16(21)17(22)9-14/h3-9,20H,11H2,1-2H3,(H2,24,27). The molecule has 162 valence electrons. The zero-order chi connectivity index (χ0) is 22.9. The lowest BCUT2D eigenvalue weighted by Crippen LogP contribution is -2.47. The Bertz CT molecular complexity index is 1210. The number of carbonyl (C=O) groups excluding carboxylic acids is 1. The molecule has 0 aromatic heterocycles. The fourth-order valence-electron chi connectivity index (χ4n) is 3.19. The number of sulfonamides is 1. The van der Waals surface area contributed by atoms with Crippen molar-refractivity contribution in [2.75, 3.05) is 11.2 Å². The van der Waals surface area contributed by atoms with Crippen LogP contribution in [-0.2, 0) is 21.4 Å². The van der Waals surface area contributed by atoms with Crippen molar-refractivity contribution in [3.8, 4) is 6.07 Å². The second-order valence-corrected chi connectivity index (χ2v) is 9.94. The summed E-state index contributed by atoms with van der Waals surface area (Å²) in [5.74, 6) is -2.94. The first-order valence-electron chi connectivity index (χ1n) is 8.90. The maximum Gasteiger partial charge on any atom is 0.266 e. The molecule has 1 atom stereocenters. The van der Waals surface area contributed by atoms with Gasteiger partial charge in [-0.3, -0.25) is 4.79 Å². The molecule has 1 aliphatic rings. The first-order valence-corrected chi connectivity index (χ1v) is 11.6. The van der Waals surface area contributed by atoms with Gasteiger partial charge in [0.15, 0.2) is 17.1 Å². The first kappa shape index (κ1) is 22.6. The average molecular weight is 465 g/mol. The van der Waals surface area contributed by atoms with E-state index < -0.39 is 33.1 Å². The Morgan fingerprint density at radius 2 is 1.87 bits per heavy atom. The number of hydrogen-bond donors (Lipinski definition) is 1. The van der Waals surface area contributed by atoms with E-state index in [1.54, 1.807) is 36.1 Å². The number of carbonyl (C=O) groups is 1. The Hall–Kier alpha value is -3.10. The van der Waals surface area contributed by atoms with Gasteiger partial charge in [-0.05, 0) is 48.9 Å². The van der Waals surface area contributed by atoms with Crippen LogP contribution < -0.4 is 10.6 Å². The number of halogens is 2. The summed E-state index contributed by atoms with van der Waals surface area (Å²) in [6, 6.07) is 11.7. The van der Waals surface area contributed by atoms with Gasteiger partial charge in [0, 0.05) is 17.1 Å². The third-order valence-electron chi connectivity index (χ3n) is 4.56. The molecule has 2 N–H and O–H groups in total. The fraction of sp³-hybridized carbons (Fsp3) is 0.200. The lowest BCUT2D eigenvalue weighted by molar-refractivity contribution is -0.115. The highest BCUT2D eigenvalue weighted by molar-refractivity contribution is 8.04. The Balaban J connectivity index is 2.11. The van der Waals surface area contributed by atoms with E-state index in [9.17, 15) is 22.0 Å². The molecule has 0 bridgehead atoms. The summed E-state index contributed by atoms with van der Waals surface area (Å²) < 4.78 is 53.3. The summed E-state index contributed by atoms with van der Waals surface area (Å²) in [4.78, 5) is 14.0. The molecule has 0 saturated carbocycles. The van der Waals surface area contributed by atoms with Gasteiger partial charge in [0.05, 0.1) is 17.9 Å². The minimum Gasteiger partial charge on any atom is -0.364 e. The molecule has 1 aliphatic heterocycles. The van der Waals surface area contributed by atoms with Crippen LogP contribution in [0, 0.1) is 23.0 Å². The number of thioether (sulfide) groups is 1. The third-order valence-corrected chi connectivity index (χ3v) is 7.01. The normalized spacial score (nSPS) is 16.4. The first-order chi connectivity index (χ1) is 14.5. The number of hydrogen-bond acceptors (Lipinski definition) is 6. The van der Waals surface area contributed by atoms with Gasteiger partial charge in [0.2, 0.25) is 10.0 Å². The summed E-state index contributed by atoms with van der Waals surface area (Å²) in [6.45, 7) is 1.57. The third kappa shape index (κ3) is 4.65. The van der Waals surface area contributed by atoms with Crippen LogP contribution in [0.1, 0.15) is 18.1 Å². The zero-order valence-corrected chi connectivity index (χ0v) is 18.2. The van der Waals surface area contributed by atoms with E-state index in [-0.39, 0.29) is 12.2 Å². The lowest BCUT2D eigenvalue weighted by Gasteiger charge is -2.36. The summed E-state index contributed by atoms with van der Waals surface area (Å²) in [5, 5.41) is 9.06. The van der Waals surface area contributed by atoms with Crippen molar-refractivity contribution >= 4 is 33.4 Å². The monoisotopic (exact) mass is 464 g/mol. The Morgan fingerprint density at radius 1 is 1.23 bits per heavy atom. The van der Waals surface area contributed by atoms with Gasteiger partial charge in [0.1, 0.15) is 5.70 Å². The molecule has 31 heavy (non-hydrogen) atoms. The number of rotatable bonds is 6. The zero-order valence-electron chi connectivity index (χ0n) is 16.5. The number of nitriles is 1. The van der Waals surface area contributed by atoms with E-state index in [0.29, 0.717) is 21.7 Å². The van der Waals surface area contributed by atoms with E-state index in [1.807, 2.05) is 6.07 Å². The smallest absolute Gasteiger partial charge is 0.266 e. The van der Waals surface area contributed by atoms with Crippen LogP contribution in [0.5, 0.6) is 0 Å². The second kappa shape index (κ2) is 8.56. The number of allylic oxidation sites excluding steroid dienone is 1. The quantitative estimate of drug-likeness (QED) is 0.704. The predicted octanol–water partition coefficient (Wildman–Crippen LogP) is 2.85. The number of amides is 1. The van der Waals surface area contributed by atoms with E-state index in [0.717, 1.165) is 34.5 Å². The Morgan fingerprint density at radius 3 is 2.39 bits per heavy atom. The minimum atomic E-state index is -3.93. The van der Waals surface area contributed by atoms with Gasteiger partial charge in [-0.2, -0.15) is 5.26 Å². The maximum atomic E-state index is 13.8. The van der Waals surface area contributed by atoms with Crippen molar-refractivity contribution in [2.45, 2.75) is 19.0 Å². The van der Waals surface area contributed by atoms with Crippen LogP contribution in [0.3, 0.4) is 0 Å². The van der Waals surface area contributed by atoms with Crippen molar-refractivity contribution < 1.29 is 22.0 Å². The number of benzene rings is 2. The van der Waals surface area contributed by atoms with Crippen molar-refractivity contribution in [1.82, 2.24) is 4.31 Å². The van der Waals surface area contributed by atoms with Gasteiger partial charge >= 0.3 is 0 Å². The largest absolute Gasteiger partial charge is 0.364 e. The molecule has 2 aromatic carbocycles. The fourth-order valence-corrected chi connectivity index (χ4v) is 6.00. The maximum absolute atomic E-state index is 13.8. The van der Waals surface area contributed by atoms with Crippen LogP contribution in [0.15, 0.2) is 53.1 Å². The van der Waals surface area contributed by atoms with Crippen molar-refractivity contribution in [3.05, 3.63) is 75.8 Å². The van der Waals surface area contributed by atoms with Crippen LogP contribution in [0.25, 0.3) is 0 Å². The summed E-state index contributed by atoms with van der Waals surface area (Å²) in [6.07, 6.45) is 0.955. The predicted molar refractivity (Wildman–Crippen MR) is 114 cm³/mol. The van der Waals surface area contributed by atoms with Crippen LogP contribution in [0.4, 0.5) is 14.5 Å². The van der Waals surface area contributed by atoms with Crippen LogP contribution in [0.2, 0.25) is 0 Å². The molecule has 2 aromatic rings. The average Bonchev–Trinajstić information content (AvgIpc) is 3.06. The second-order valence-electron chi connectivity index (χ2n) is 6.81. The van der Waals surface area contributed by atoms with Gasteiger partial charge in [0.25, 0.3) is 5.91 Å². The topological polar surface area (TPSA) is 108 Å². The minimum absolute atomic E-state index is 0.00783.